The Hall–Kier alpha value is -3.50. The van der Waals surface area contributed by atoms with Gasteiger partial charge in [0.05, 0.1) is 15.7 Å². The molecule has 0 aliphatic heterocycles. The molecule has 0 saturated heterocycles. The van der Waals surface area contributed by atoms with Crippen molar-refractivity contribution in [1.82, 2.24) is 4.98 Å². The molecular weight excluding hydrogens is 484 g/mol. The van der Waals surface area contributed by atoms with Crippen molar-refractivity contribution in [2.75, 3.05) is 16.8 Å². The van der Waals surface area contributed by atoms with Gasteiger partial charge in [-0.3, -0.25) is 9.59 Å². The number of primary amides is 1. The van der Waals surface area contributed by atoms with Crippen LogP contribution in [0.5, 0.6) is 5.75 Å². The topological polar surface area (TPSA) is 97.6 Å². The Labute approximate surface area is 195 Å². The van der Waals surface area contributed by atoms with Gasteiger partial charge in [-0.15, -0.1) is 13.2 Å². The Balaban J connectivity index is 1.85. The molecule has 0 spiro atoms. The molecule has 0 aliphatic carbocycles. The largest absolute Gasteiger partial charge is 0.573 e. The number of aromatic nitrogens is 1. The van der Waals surface area contributed by atoms with Crippen LogP contribution in [0.3, 0.4) is 0 Å². The highest BCUT2D eigenvalue weighted by Crippen LogP contribution is 2.32. The normalized spacial score (nSPS) is 11.1. The number of anilines is 3. The Morgan fingerprint density at radius 3 is 2.33 bits per heavy atom. The second-order valence-corrected chi connectivity index (χ2v) is 7.42. The van der Waals surface area contributed by atoms with Crippen LogP contribution in [0.4, 0.5) is 30.4 Å². The van der Waals surface area contributed by atoms with E-state index in [2.05, 4.69) is 15.0 Å². The van der Waals surface area contributed by atoms with E-state index in [4.69, 9.17) is 28.9 Å². The first-order chi connectivity index (χ1) is 15.5. The first-order valence-corrected chi connectivity index (χ1v) is 9.91. The molecule has 3 N–H and O–H groups in total. The molecule has 3 rings (SSSR count). The average Bonchev–Trinajstić information content (AvgIpc) is 2.73. The molecule has 0 aliphatic rings. The summed E-state index contributed by atoms with van der Waals surface area (Å²) in [6.45, 7) is -0.278. The predicted octanol–water partition coefficient (Wildman–Crippen LogP) is 5.16. The Morgan fingerprint density at radius 1 is 1.06 bits per heavy atom. The number of hydrogen-bond acceptors (Lipinski definition) is 5. The zero-order valence-corrected chi connectivity index (χ0v) is 18.1. The van der Waals surface area contributed by atoms with Gasteiger partial charge in [0.15, 0.2) is 0 Å². The summed E-state index contributed by atoms with van der Waals surface area (Å²) >= 11 is 12.2. The molecule has 0 bridgehead atoms. The van der Waals surface area contributed by atoms with E-state index in [9.17, 15) is 22.8 Å². The van der Waals surface area contributed by atoms with Crippen LogP contribution in [0.15, 0.2) is 60.8 Å². The molecular formula is C21H15Cl2F3N4O3. The minimum absolute atomic E-state index is 0.161. The van der Waals surface area contributed by atoms with Gasteiger partial charge < -0.3 is 20.7 Å². The van der Waals surface area contributed by atoms with Crippen molar-refractivity contribution in [3.8, 4) is 5.75 Å². The number of nitrogens with zero attached hydrogens (tertiary/aromatic N) is 2. The molecule has 172 valence electrons. The number of carbonyl (C=O) groups is 2. The number of nitrogens with two attached hydrogens (primary N) is 1. The fraction of sp³-hybridized carbons (Fsp3) is 0.0952. The Morgan fingerprint density at radius 2 is 1.76 bits per heavy atom. The Bertz CT molecular complexity index is 1160. The van der Waals surface area contributed by atoms with Crippen LogP contribution in [0.25, 0.3) is 0 Å². The number of alkyl halides is 3. The molecule has 1 aromatic heterocycles. The molecule has 3 aromatic rings. The van der Waals surface area contributed by atoms with E-state index in [1.54, 1.807) is 12.1 Å². The molecule has 2 aromatic carbocycles. The van der Waals surface area contributed by atoms with Crippen molar-refractivity contribution >= 4 is 52.2 Å². The van der Waals surface area contributed by atoms with Crippen molar-refractivity contribution in [1.29, 1.82) is 0 Å². The fourth-order valence-electron chi connectivity index (χ4n) is 2.78. The minimum atomic E-state index is -4.82. The van der Waals surface area contributed by atoms with Gasteiger partial charge in [-0.2, -0.15) is 0 Å². The van der Waals surface area contributed by atoms with Crippen molar-refractivity contribution in [2.45, 2.75) is 6.36 Å². The van der Waals surface area contributed by atoms with Gasteiger partial charge >= 0.3 is 6.36 Å². The number of ether oxygens (including phenoxy) is 1. The van der Waals surface area contributed by atoms with E-state index >= 15 is 0 Å². The lowest BCUT2D eigenvalue weighted by Crippen LogP contribution is -2.31. The van der Waals surface area contributed by atoms with Crippen molar-refractivity contribution in [3.05, 3.63) is 76.4 Å². The molecule has 2 amide bonds. The van der Waals surface area contributed by atoms with Crippen LogP contribution in [-0.4, -0.2) is 29.7 Å². The number of rotatable bonds is 7. The number of pyridine rings is 1. The van der Waals surface area contributed by atoms with Gasteiger partial charge in [0.1, 0.15) is 18.1 Å². The summed E-state index contributed by atoms with van der Waals surface area (Å²) in [6, 6.07) is 12.1. The number of hydrogen-bond donors (Lipinski definition) is 2. The summed E-state index contributed by atoms with van der Waals surface area (Å²) in [4.78, 5) is 29.9. The second-order valence-electron chi connectivity index (χ2n) is 6.58. The van der Waals surface area contributed by atoms with Crippen molar-refractivity contribution < 1.29 is 27.5 Å². The summed E-state index contributed by atoms with van der Waals surface area (Å²) in [7, 11) is 0. The number of amides is 2. The first-order valence-electron chi connectivity index (χ1n) is 9.16. The molecule has 0 radical (unpaired) electrons. The summed E-state index contributed by atoms with van der Waals surface area (Å²) < 4.78 is 40.6. The molecule has 33 heavy (non-hydrogen) atoms. The van der Waals surface area contributed by atoms with Gasteiger partial charge in [0, 0.05) is 17.4 Å². The summed E-state index contributed by atoms with van der Waals surface area (Å²) in [5.74, 6) is -1.34. The third kappa shape index (κ3) is 6.74. The molecule has 12 heteroatoms. The lowest BCUT2D eigenvalue weighted by atomic mass is 10.1. The third-order valence-corrected chi connectivity index (χ3v) is 4.69. The van der Waals surface area contributed by atoms with E-state index in [-0.39, 0.29) is 28.5 Å². The molecule has 0 fully saturated rings. The molecule has 0 atom stereocenters. The summed E-state index contributed by atoms with van der Waals surface area (Å²) in [5.41, 5.74) is 6.04. The SMILES string of the molecule is NC(=O)CN(c1ccc(Cl)cn1)c1cc(C(=O)Nc2ccc(OC(F)(F)F)cc2)ccc1Cl. The molecule has 0 unspecified atom stereocenters. The lowest BCUT2D eigenvalue weighted by molar-refractivity contribution is -0.274. The van der Waals surface area contributed by atoms with Gasteiger partial charge in [-0.25, -0.2) is 4.98 Å². The highest BCUT2D eigenvalue weighted by atomic mass is 35.5. The number of benzene rings is 2. The molecule has 7 nitrogen and oxygen atoms in total. The number of nitrogens with one attached hydrogen (secondary N) is 1. The summed E-state index contributed by atoms with van der Waals surface area (Å²) in [6.07, 6.45) is -3.44. The monoisotopic (exact) mass is 498 g/mol. The smallest absolute Gasteiger partial charge is 0.406 e. The van der Waals surface area contributed by atoms with Crippen LogP contribution in [0.2, 0.25) is 10.0 Å². The summed E-state index contributed by atoms with van der Waals surface area (Å²) in [5, 5.41) is 3.16. The van der Waals surface area contributed by atoms with Crippen molar-refractivity contribution in [2.24, 2.45) is 5.73 Å². The van der Waals surface area contributed by atoms with E-state index in [1.165, 1.54) is 41.4 Å². The molecule has 1 heterocycles. The molecule has 0 saturated carbocycles. The van der Waals surface area contributed by atoms with Crippen LogP contribution >= 0.6 is 23.2 Å². The van der Waals surface area contributed by atoms with Crippen LogP contribution in [0.1, 0.15) is 10.4 Å². The average molecular weight is 499 g/mol. The number of carbonyl (C=O) groups excluding carboxylic acids is 2. The van der Waals surface area contributed by atoms with Crippen molar-refractivity contribution in [3.63, 3.8) is 0 Å². The van der Waals surface area contributed by atoms with Crippen LogP contribution in [-0.2, 0) is 4.79 Å². The maximum atomic E-state index is 12.7. The zero-order valence-electron chi connectivity index (χ0n) is 16.6. The maximum Gasteiger partial charge on any atom is 0.573 e. The minimum Gasteiger partial charge on any atom is -0.406 e. The highest BCUT2D eigenvalue weighted by molar-refractivity contribution is 6.33. The highest BCUT2D eigenvalue weighted by Gasteiger charge is 2.31. The van der Waals surface area contributed by atoms with Gasteiger partial charge in [-0.05, 0) is 54.6 Å². The standard InChI is InChI=1S/C21H15Cl2F3N4O3/c22-13-2-8-19(28-10-13)30(11-18(27)31)17-9-12(1-7-16(17)23)20(32)29-14-3-5-15(6-4-14)33-21(24,25)26/h1-10H,11H2,(H2,27,31)(H,29,32). The van der Waals surface area contributed by atoms with E-state index in [0.29, 0.717) is 10.8 Å². The van der Waals surface area contributed by atoms with Gasteiger partial charge in [-0.1, -0.05) is 23.2 Å². The number of halogens is 5. The zero-order chi connectivity index (χ0) is 24.2. The van der Waals surface area contributed by atoms with Gasteiger partial charge in [0.25, 0.3) is 5.91 Å². The van der Waals surface area contributed by atoms with Crippen LogP contribution in [0, 0.1) is 0 Å². The second kappa shape index (κ2) is 9.97. The van der Waals surface area contributed by atoms with E-state index < -0.39 is 23.9 Å². The lowest BCUT2D eigenvalue weighted by Gasteiger charge is -2.24. The maximum absolute atomic E-state index is 12.7. The Kier molecular flexibility index (Phi) is 7.29. The predicted molar refractivity (Wildman–Crippen MR) is 118 cm³/mol. The van der Waals surface area contributed by atoms with Gasteiger partial charge in [0.2, 0.25) is 5.91 Å². The van der Waals surface area contributed by atoms with Crippen LogP contribution < -0.4 is 20.7 Å². The first kappa shape index (κ1) is 24.1. The van der Waals surface area contributed by atoms with E-state index in [1.807, 2.05) is 0 Å². The fourth-order valence-corrected chi connectivity index (χ4v) is 3.11. The third-order valence-electron chi connectivity index (χ3n) is 4.15. The van der Waals surface area contributed by atoms with E-state index in [0.717, 1.165) is 12.1 Å². The quantitative estimate of drug-likeness (QED) is 0.468.